The smallest absolute Gasteiger partial charge is 0.266 e. The molecule has 1 amide bonds. The number of carbonyl (C=O) groups is 1. The van der Waals surface area contributed by atoms with Gasteiger partial charge in [0.2, 0.25) is 5.13 Å². The molecule has 4 rings (SSSR count). The monoisotopic (exact) mass is 520 g/mol. The van der Waals surface area contributed by atoms with Crippen LogP contribution >= 0.6 is 50.2 Å². The Kier molecular flexibility index (Phi) is 5.91. The molecule has 0 aliphatic rings. The van der Waals surface area contributed by atoms with Crippen LogP contribution in [0.3, 0.4) is 0 Å². The molecule has 0 aliphatic heterocycles. The third-order valence-corrected chi connectivity index (χ3v) is 6.63. The molecule has 0 spiro atoms. The van der Waals surface area contributed by atoms with E-state index in [-0.39, 0.29) is 11.6 Å². The Labute approximate surface area is 191 Å². The van der Waals surface area contributed by atoms with Gasteiger partial charge >= 0.3 is 0 Å². The first-order valence-corrected chi connectivity index (χ1v) is 11.2. The van der Waals surface area contributed by atoms with Crippen molar-refractivity contribution in [2.24, 2.45) is 5.10 Å². The number of nitrogens with zero attached hydrogens (tertiary/aromatic N) is 4. The van der Waals surface area contributed by atoms with Gasteiger partial charge in [0.25, 0.3) is 11.6 Å². The second-order valence-electron chi connectivity index (χ2n) is 5.92. The first-order valence-electron chi connectivity index (χ1n) is 8.35. The number of nitro groups is 1. The lowest BCUT2D eigenvalue weighted by molar-refractivity contribution is -0.384. The molecule has 2 heterocycles. The summed E-state index contributed by atoms with van der Waals surface area (Å²) in [6, 6.07) is 14.8. The van der Waals surface area contributed by atoms with Crippen molar-refractivity contribution in [2.45, 2.75) is 0 Å². The molecule has 0 unspecified atom stereocenters. The molecule has 0 fully saturated rings. The van der Waals surface area contributed by atoms with E-state index in [1.165, 1.54) is 34.7 Å². The molecule has 0 N–H and O–H groups in total. The summed E-state index contributed by atoms with van der Waals surface area (Å²) in [6.07, 6.45) is 1.46. The lowest BCUT2D eigenvalue weighted by atomic mass is 10.2. The van der Waals surface area contributed by atoms with Crippen LogP contribution < -0.4 is 5.01 Å². The van der Waals surface area contributed by atoms with Crippen molar-refractivity contribution in [1.29, 1.82) is 0 Å². The molecule has 0 bridgehead atoms. The summed E-state index contributed by atoms with van der Waals surface area (Å²) >= 11 is 11.9. The van der Waals surface area contributed by atoms with E-state index in [0.29, 0.717) is 19.9 Å². The lowest BCUT2D eigenvalue weighted by Crippen LogP contribution is -2.24. The number of amides is 1. The quantitative estimate of drug-likeness (QED) is 0.174. The standard InChI is InChI=1S/C19H10BrClN4O3S2/c20-12-3-6-14-16(9-12)30-19(23-14)24(18(26)15-7-8-17(21)29-15)22-10-11-1-4-13(5-2-11)25(27)28/h1-10H/b22-10+. The van der Waals surface area contributed by atoms with E-state index in [0.717, 1.165) is 26.0 Å². The Balaban J connectivity index is 1.72. The van der Waals surface area contributed by atoms with Gasteiger partial charge in [-0.15, -0.1) is 11.3 Å². The number of non-ortho nitro benzene ring substituents is 1. The van der Waals surface area contributed by atoms with E-state index >= 15 is 0 Å². The molecule has 0 saturated heterocycles. The first kappa shape index (κ1) is 20.6. The van der Waals surface area contributed by atoms with Gasteiger partial charge in [0.15, 0.2) is 0 Å². The average Bonchev–Trinajstić information content (AvgIpc) is 3.34. The number of anilines is 1. The first-order chi connectivity index (χ1) is 14.4. The van der Waals surface area contributed by atoms with Crippen molar-refractivity contribution in [1.82, 2.24) is 4.98 Å². The number of hydrazone groups is 1. The molecule has 0 atom stereocenters. The number of thiazole rings is 1. The molecule has 0 radical (unpaired) electrons. The zero-order chi connectivity index (χ0) is 21.3. The van der Waals surface area contributed by atoms with Gasteiger partial charge in [-0.3, -0.25) is 14.9 Å². The van der Waals surface area contributed by atoms with Gasteiger partial charge in [-0.1, -0.05) is 38.9 Å². The van der Waals surface area contributed by atoms with Gasteiger partial charge in [-0.25, -0.2) is 4.98 Å². The molecule has 7 nitrogen and oxygen atoms in total. The average molecular weight is 522 g/mol. The molecular weight excluding hydrogens is 512 g/mol. The van der Waals surface area contributed by atoms with Crippen molar-refractivity contribution in [3.8, 4) is 0 Å². The summed E-state index contributed by atoms with van der Waals surface area (Å²) < 4.78 is 2.29. The van der Waals surface area contributed by atoms with Crippen LogP contribution in [-0.4, -0.2) is 22.0 Å². The predicted molar refractivity (Wildman–Crippen MR) is 124 cm³/mol. The van der Waals surface area contributed by atoms with Crippen LogP contribution in [0.1, 0.15) is 15.2 Å². The molecule has 4 aromatic rings. The number of rotatable bonds is 5. The van der Waals surface area contributed by atoms with Crippen LogP contribution in [0.5, 0.6) is 0 Å². The highest BCUT2D eigenvalue weighted by Crippen LogP contribution is 2.33. The maximum Gasteiger partial charge on any atom is 0.290 e. The van der Waals surface area contributed by atoms with E-state index in [4.69, 9.17) is 11.6 Å². The van der Waals surface area contributed by atoms with Crippen LogP contribution in [0, 0.1) is 10.1 Å². The summed E-state index contributed by atoms with van der Waals surface area (Å²) in [5, 5.41) is 16.8. The number of carbonyl (C=O) groups excluding carboxylic acids is 1. The molecule has 30 heavy (non-hydrogen) atoms. The van der Waals surface area contributed by atoms with E-state index in [9.17, 15) is 14.9 Å². The molecule has 2 aromatic carbocycles. The van der Waals surface area contributed by atoms with E-state index in [1.807, 2.05) is 18.2 Å². The van der Waals surface area contributed by atoms with Gasteiger partial charge in [-0.2, -0.15) is 10.1 Å². The van der Waals surface area contributed by atoms with Crippen molar-refractivity contribution in [2.75, 3.05) is 5.01 Å². The SMILES string of the molecule is O=C(c1ccc(Cl)s1)N(/N=C/c1ccc([N+](=O)[O-])cc1)c1nc2ccc(Br)cc2s1. The van der Waals surface area contributed by atoms with Crippen LogP contribution in [0.15, 0.2) is 64.2 Å². The largest absolute Gasteiger partial charge is 0.290 e. The second kappa shape index (κ2) is 8.60. The summed E-state index contributed by atoms with van der Waals surface area (Å²) in [4.78, 5) is 28.4. The summed E-state index contributed by atoms with van der Waals surface area (Å²) in [6.45, 7) is 0. The van der Waals surface area contributed by atoms with Crippen molar-refractivity contribution in [3.05, 3.63) is 84.0 Å². The zero-order valence-corrected chi connectivity index (χ0v) is 18.8. The van der Waals surface area contributed by atoms with Crippen LogP contribution in [-0.2, 0) is 0 Å². The van der Waals surface area contributed by atoms with E-state index in [2.05, 4.69) is 26.0 Å². The van der Waals surface area contributed by atoms with Gasteiger partial charge < -0.3 is 0 Å². The normalized spacial score (nSPS) is 11.3. The summed E-state index contributed by atoms with van der Waals surface area (Å²) in [7, 11) is 0. The predicted octanol–water partition coefficient (Wildman–Crippen LogP) is 6.36. The third kappa shape index (κ3) is 4.41. The van der Waals surface area contributed by atoms with Crippen molar-refractivity contribution >= 4 is 83.4 Å². The van der Waals surface area contributed by atoms with Crippen molar-refractivity contribution in [3.63, 3.8) is 0 Å². The maximum atomic E-state index is 13.1. The van der Waals surface area contributed by atoms with Crippen molar-refractivity contribution < 1.29 is 9.72 Å². The van der Waals surface area contributed by atoms with Gasteiger partial charge in [-0.05, 0) is 48.0 Å². The number of halogens is 2. The Bertz CT molecular complexity index is 1290. The maximum absolute atomic E-state index is 13.1. The van der Waals surface area contributed by atoms with Crippen LogP contribution in [0.2, 0.25) is 4.34 Å². The van der Waals surface area contributed by atoms with Gasteiger partial charge in [0, 0.05) is 16.6 Å². The molecular formula is C19H10BrClN4O3S2. The minimum atomic E-state index is -0.476. The number of hydrogen-bond acceptors (Lipinski definition) is 7. The van der Waals surface area contributed by atoms with E-state index in [1.54, 1.807) is 24.3 Å². The highest BCUT2D eigenvalue weighted by Gasteiger charge is 2.22. The Morgan fingerprint density at radius 3 is 2.60 bits per heavy atom. The minimum Gasteiger partial charge on any atom is -0.266 e. The number of hydrogen-bond donors (Lipinski definition) is 0. The topological polar surface area (TPSA) is 88.7 Å². The molecule has 0 saturated carbocycles. The highest BCUT2D eigenvalue weighted by atomic mass is 79.9. The number of fused-ring (bicyclic) bond motifs is 1. The molecule has 2 aromatic heterocycles. The highest BCUT2D eigenvalue weighted by molar-refractivity contribution is 9.10. The molecule has 150 valence electrons. The molecule has 11 heteroatoms. The van der Waals surface area contributed by atoms with Gasteiger partial charge in [0.1, 0.15) is 0 Å². The van der Waals surface area contributed by atoms with Crippen LogP contribution in [0.4, 0.5) is 10.8 Å². The number of benzene rings is 2. The van der Waals surface area contributed by atoms with E-state index < -0.39 is 4.92 Å². The summed E-state index contributed by atoms with van der Waals surface area (Å²) in [5.74, 6) is -0.372. The fraction of sp³-hybridized carbons (Fsp3) is 0. The van der Waals surface area contributed by atoms with Gasteiger partial charge in [0.05, 0.1) is 30.6 Å². The number of thiophene rings is 1. The Hall–Kier alpha value is -2.66. The number of aromatic nitrogens is 1. The zero-order valence-electron chi connectivity index (χ0n) is 14.9. The Morgan fingerprint density at radius 2 is 1.93 bits per heavy atom. The van der Waals surface area contributed by atoms with Crippen LogP contribution in [0.25, 0.3) is 10.2 Å². The fourth-order valence-corrected chi connectivity index (χ4v) is 4.95. The Morgan fingerprint density at radius 1 is 1.17 bits per heavy atom. The minimum absolute atomic E-state index is 0.0231. The molecule has 0 aliphatic carbocycles. The second-order valence-corrected chi connectivity index (χ2v) is 9.56. The lowest BCUT2D eigenvalue weighted by Gasteiger charge is -2.12. The number of nitro benzene ring substituents is 1. The third-order valence-electron chi connectivity index (χ3n) is 3.92. The summed E-state index contributed by atoms with van der Waals surface area (Å²) in [5.41, 5.74) is 1.32. The fourth-order valence-electron chi connectivity index (χ4n) is 2.51.